The lowest BCUT2D eigenvalue weighted by Crippen LogP contribution is -2.47. The minimum absolute atomic E-state index is 0.0185. The fourth-order valence-electron chi connectivity index (χ4n) is 8.77. The number of aryl methyl sites for hydroxylation is 1. The Morgan fingerprint density at radius 2 is 1.33 bits per heavy atom. The van der Waals surface area contributed by atoms with Gasteiger partial charge in [-0.05, 0) is 102 Å². The van der Waals surface area contributed by atoms with Gasteiger partial charge in [0.1, 0.15) is 66.1 Å². The highest BCUT2D eigenvalue weighted by Gasteiger charge is 2.42. The normalized spacial score (nSPS) is 13.0. The molecule has 81 heavy (non-hydrogen) atoms. The van der Waals surface area contributed by atoms with Crippen molar-refractivity contribution in [3.05, 3.63) is 185 Å². The summed E-state index contributed by atoms with van der Waals surface area (Å²) in [6, 6.07) is 39.2. The SMILES string of the molecule is COC(=O)[C@H](Cc1ccc(OC(COC(C)=O)COS(=O)(=O)c2ccc(C)cc2)cc1)NC(=O)[C@H](C(C)C)n1cc(COc2ccc3nc(S(=O)(=O)NC(c4ccccc4)(c4ccc(OC)cc4)c4ccc(OC)cc4)sc3c2)nn1. The van der Waals surface area contributed by atoms with Crippen molar-refractivity contribution >= 4 is 59.5 Å². The van der Waals surface area contributed by atoms with Gasteiger partial charge < -0.3 is 33.7 Å². The van der Waals surface area contributed by atoms with Crippen LogP contribution in [0.4, 0.5) is 0 Å². The summed E-state index contributed by atoms with van der Waals surface area (Å²) in [5, 5.41) is 11.3. The summed E-state index contributed by atoms with van der Waals surface area (Å²) in [5.74, 6) is -0.282. The molecule has 6 aromatic carbocycles. The van der Waals surface area contributed by atoms with Crippen LogP contribution in [-0.2, 0) is 66.7 Å². The zero-order chi connectivity index (χ0) is 57.9. The second-order valence-corrected chi connectivity index (χ2v) is 23.5. The van der Waals surface area contributed by atoms with Gasteiger partial charge in [0.2, 0.25) is 10.2 Å². The number of carbonyl (C=O) groups excluding carboxylic acids is 3. The highest BCUT2D eigenvalue weighted by molar-refractivity contribution is 7.91. The Labute approximate surface area is 473 Å². The number of nitrogens with zero attached hydrogens (tertiary/aromatic N) is 4. The molecule has 8 aromatic rings. The van der Waals surface area contributed by atoms with Crippen LogP contribution in [0.1, 0.15) is 60.3 Å². The topological polar surface area (TPSA) is 252 Å². The number of ether oxygens (including phenoxy) is 6. The van der Waals surface area contributed by atoms with E-state index in [0.29, 0.717) is 55.4 Å². The van der Waals surface area contributed by atoms with Crippen LogP contribution >= 0.6 is 11.3 Å². The molecule has 2 heterocycles. The monoisotopic (exact) mass is 1160 g/mol. The van der Waals surface area contributed by atoms with Crippen molar-refractivity contribution < 1.29 is 63.8 Å². The van der Waals surface area contributed by atoms with E-state index >= 15 is 0 Å². The van der Waals surface area contributed by atoms with Crippen molar-refractivity contribution in [2.24, 2.45) is 5.92 Å². The number of thiazole rings is 1. The van der Waals surface area contributed by atoms with Gasteiger partial charge in [-0.2, -0.15) is 13.1 Å². The van der Waals surface area contributed by atoms with E-state index < -0.39 is 68.3 Å². The average molecular weight is 1160 g/mol. The minimum Gasteiger partial charge on any atom is -0.497 e. The molecule has 0 radical (unpaired) electrons. The third-order valence-corrected chi connectivity index (χ3v) is 17.0. The first-order valence-electron chi connectivity index (χ1n) is 25.4. The fraction of sp³-hybridized carbons (Fsp3) is 0.276. The Morgan fingerprint density at radius 3 is 1.93 bits per heavy atom. The van der Waals surface area contributed by atoms with Crippen LogP contribution < -0.4 is 29.0 Å². The lowest BCUT2D eigenvalue weighted by atomic mass is 9.78. The Kier molecular flexibility index (Phi) is 18.9. The molecule has 20 nitrogen and oxygen atoms in total. The van der Waals surface area contributed by atoms with Crippen LogP contribution in [0.15, 0.2) is 161 Å². The van der Waals surface area contributed by atoms with E-state index in [1.165, 1.54) is 30.8 Å². The van der Waals surface area contributed by atoms with Gasteiger partial charge in [-0.15, -0.1) is 16.4 Å². The van der Waals surface area contributed by atoms with Crippen molar-refractivity contribution in [3.63, 3.8) is 0 Å². The van der Waals surface area contributed by atoms with E-state index in [-0.39, 0.29) is 40.5 Å². The lowest BCUT2D eigenvalue weighted by molar-refractivity contribution is -0.145. The fourth-order valence-corrected chi connectivity index (χ4v) is 12.3. The largest absolute Gasteiger partial charge is 0.497 e. The Bertz CT molecular complexity index is 3630. The van der Waals surface area contributed by atoms with Crippen molar-refractivity contribution in [1.82, 2.24) is 30.0 Å². The summed E-state index contributed by atoms with van der Waals surface area (Å²) in [4.78, 5) is 43.3. The number of aromatic nitrogens is 4. The predicted octanol–water partition coefficient (Wildman–Crippen LogP) is 7.88. The third kappa shape index (κ3) is 14.4. The van der Waals surface area contributed by atoms with Crippen LogP contribution in [0.5, 0.6) is 23.0 Å². The first-order valence-corrected chi connectivity index (χ1v) is 29.1. The van der Waals surface area contributed by atoms with Gasteiger partial charge in [-0.1, -0.05) is 103 Å². The number of hydrogen-bond donors (Lipinski definition) is 2. The summed E-state index contributed by atoms with van der Waals surface area (Å²) in [6.07, 6.45) is 0.579. The van der Waals surface area contributed by atoms with Crippen LogP contribution in [-0.4, -0.2) is 101 Å². The van der Waals surface area contributed by atoms with E-state index in [4.69, 9.17) is 32.6 Å². The number of benzene rings is 6. The molecule has 1 amide bonds. The maximum Gasteiger partial charge on any atom is 0.328 e. The molecule has 0 aliphatic heterocycles. The van der Waals surface area contributed by atoms with Crippen molar-refractivity contribution in [3.8, 4) is 23.0 Å². The number of fused-ring (bicyclic) bond motifs is 1. The molecule has 23 heteroatoms. The van der Waals surface area contributed by atoms with E-state index in [2.05, 4.69) is 25.3 Å². The van der Waals surface area contributed by atoms with Crippen molar-refractivity contribution in [1.29, 1.82) is 0 Å². The highest BCUT2D eigenvalue weighted by atomic mass is 32.2. The maximum atomic E-state index is 14.7. The first-order chi connectivity index (χ1) is 38.8. The molecule has 2 aromatic heterocycles. The molecule has 0 aliphatic carbocycles. The lowest BCUT2D eigenvalue weighted by Gasteiger charge is -2.36. The molecule has 1 unspecified atom stereocenters. The molecule has 0 aliphatic rings. The maximum absolute atomic E-state index is 14.7. The van der Waals surface area contributed by atoms with Crippen LogP contribution in [0.25, 0.3) is 10.2 Å². The third-order valence-electron chi connectivity index (χ3n) is 12.9. The standard InChI is InChI=1S/C58H60N6O14S3/c1-37(2)54(55(66)59-52(56(67)74-7)31-40-15-21-47(22-16-40)78-49(35-75-39(4)65)36-77-81(70,71)50-28-13-38(3)14-29-50)64-33-44(61-63-64)34-76-48-27-30-51-53(32-48)79-57(60-51)80(68,69)62-58(41-11-9-8-10-12-41,42-17-23-45(72-5)24-18-42)43-19-25-46(73-6)26-20-43/h8-30,32-33,37,49,52,54,62H,31,34-36H2,1-7H3,(H,59,66)/t49?,52-,54-/m0/s1. The summed E-state index contributed by atoms with van der Waals surface area (Å²) in [6.45, 7) is 5.84. The number of nitrogens with one attached hydrogen (secondary N) is 2. The number of esters is 2. The van der Waals surface area contributed by atoms with Crippen LogP contribution in [0.2, 0.25) is 0 Å². The van der Waals surface area contributed by atoms with E-state index in [1.54, 1.807) is 99.3 Å². The summed E-state index contributed by atoms with van der Waals surface area (Å²) >= 11 is 0.977. The predicted molar refractivity (Wildman–Crippen MR) is 300 cm³/mol. The Balaban J connectivity index is 0.931. The van der Waals surface area contributed by atoms with Gasteiger partial charge in [-0.25, -0.2) is 22.9 Å². The zero-order valence-corrected chi connectivity index (χ0v) is 47.8. The van der Waals surface area contributed by atoms with E-state index in [1.807, 2.05) is 75.4 Å². The quantitative estimate of drug-likeness (QED) is 0.0297. The van der Waals surface area contributed by atoms with E-state index in [0.717, 1.165) is 16.9 Å². The Hall–Kier alpha value is -8.22. The summed E-state index contributed by atoms with van der Waals surface area (Å²) in [5.41, 5.74) is 2.77. The first kappa shape index (κ1) is 58.9. The molecule has 3 atom stereocenters. The molecular weight excluding hydrogens is 1100 g/mol. The van der Waals surface area contributed by atoms with Gasteiger partial charge in [0, 0.05) is 13.3 Å². The second kappa shape index (κ2) is 25.9. The molecular formula is C58H60N6O14S3. The second-order valence-electron chi connectivity index (χ2n) is 19.0. The van der Waals surface area contributed by atoms with Gasteiger partial charge in [0.25, 0.3) is 20.1 Å². The van der Waals surface area contributed by atoms with E-state index in [9.17, 15) is 31.2 Å². The molecule has 0 bridgehead atoms. The number of hydrogen-bond acceptors (Lipinski definition) is 18. The Morgan fingerprint density at radius 1 is 0.728 bits per heavy atom. The average Bonchev–Trinajstić information content (AvgIpc) is 4.33. The number of sulfonamides is 1. The molecule has 0 fully saturated rings. The number of rotatable bonds is 26. The molecule has 8 rings (SSSR count). The molecule has 2 N–H and O–H groups in total. The number of methoxy groups -OCH3 is 3. The van der Waals surface area contributed by atoms with Gasteiger partial charge in [0.15, 0.2) is 6.10 Å². The number of amides is 1. The van der Waals surface area contributed by atoms with Crippen molar-refractivity contribution in [2.45, 2.75) is 73.7 Å². The minimum atomic E-state index is -4.35. The summed E-state index contributed by atoms with van der Waals surface area (Å²) in [7, 11) is -4.18. The highest BCUT2D eigenvalue weighted by Crippen LogP contribution is 2.41. The molecule has 0 spiro atoms. The zero-order valence-electron chi connectivity index (χ0n) is 45.3. The molecule has 424 valence electrons. The number of carbonyl (C=O) groups is 3. The van der Waals surface area contributed by atoms with Gasteiger partial charge >= 0.3 is 11.9 Å². The molecule has 0 saturated heterocycles. The summed E-state index contributed by atoms with van der Waals surface area (Å²) < 4.78 is 98.5. The van der Waals surface area contributed by atoms with Crippen LogP contribution in [0, 0.1) is 12.8 Å². The van der Waals surface area contributed by atoms with Crippen molar-refractivity contribution in [2.75, 3.05) is 34.5 Å². The van der Waals surface area contributed by atoms with Crippen LogP contribution in [0.3, 0.4) is 0 Å². The van der Waals surface area contributed by atoms with Gasteiger partial charge in [-0.3, -0.25) is 13.8 Å². The van der Waals surface area contributed by atoms with Gasteiger partial charge in [0.05, 0.1) is 42.6 Å². The molecule has 0 saturated carbocycles. The smallest absolute Gasteiger partial charge is 0.328 e.